The molecule has 0 atom stereocenters. The average molecular weight is 258 g/mol. The van der Waals surface area contributed by atoms with E-state index in [4.69, 9.17) is 11.6 Å². The van der Waals surface area contributed by atoms with Crippen LogP contribution in [0.15, 0.2) is 30.3 Å². The summed E-state index contributed by atoms with van der Waals surface area (Å²) in [7, 11) is 0. The third-order valence-electron chi connectivity index (χ3n) is 2.80. The number of pyridine rings is 1. The molecule has 0 saturated heterocycles. The van der Waals surface area contributed by atoms with Gasteiger partial charge in [0.25, 0.3) is 0 Å². The number of nitrogens with one attached hydrogen (secondary N) is 1. The number of benzene rings is 1. The van der Waals surface area contributed by atoms with Gasteiger partial charge in [0.2, 0.25) is 0 Å². The Morgan fingerprint density at radius 1 is 1.06 bits per heavy atom. The Morgan fingerprint density at radius 2 is 1.89 bits per heavy atom. The van der Waals surface area contributed by atoms with Crippen molar-refractivity contribution in [1.29, 1.82) is 0 Å². The first-order valence-corrected chi connectivity index (χ1v) is 6.10. The van der Waals surface area contributed by atoms with Crippen LogP contribution in [0, 0.1) is 13.8 Å². The number of fused-ring (bicyclic) bond motifs is 1. The molecule has 3 aromatic rings. The van der Waals surface area contributed by atoms with Gasteiger partial charge in [-0.1, -0.05) is 11.6 Å². The van der Waals surface area contributed by atoms with Crippen molar-refractivity contribution in [3.8, 4) is 11.4 Å². The van der Waals surface area contributed by atoms with Crippen molar-refractivity contribution in [2.75, 3.05) is 0 Å². The van der Waals surface area contributed by atoms with E-state index in [1.807, 2.05) is 38.1 Å². The lowest BCUT2D eigenvalue weighted by molar-refractivity contribution is 1.22. The van der Waals surface area contributed by atoms with E-state index in [9.17, 15) is 0 Å². The number of rotatable bonds is 1. The van der Waals surface area contributed by atoms with E-state index in [1.165, 1.54) is 0 Å². The monoisotopic (exact) mass is 257 g/mol. The minimum atomic E-state index is 0.717. The quantitative estimate of drug-likeness (QED) is 0.718. The molecule has 1 N–H and O–H groups in total. The highest BCUT2D eigenvalue weighted by atomic mass is 35.5. The van der Waals surface area contributed by atoms with Crippen LogP contribution in [0.2, 0.25) is 5.02 Å². The van der Waals surface area contributed by atoms with Crippen LogP contribution >= 0.6 is 11.6 Å². The Kier molecular flexibility index (Phi) is 2.56. The molecule has 3 rings (SSSR count). The maximum atomic E-state index is 6.07. The minimum absolute atomic E-state index is 0.717. The van der Waals surface area contributed by atoms with Crippen LogP contribution in [0.5, 0.6) is 0 Å². The highest BCUT2D eigenvalue weighted by molar-refractivity contribution is 6.30. The zero-order chi connectivity index (χ0) is 12.7. The van der Waals surface area contributed by atoms with Gasteiger partial charge >= 0.3 is 0 Å². The number of halogens is 1. The molecule has 0 unspecified atom stereocenters. The number of hydrogen-bond donors (Lipinski definition) is 1. The zero-order valence-electron chi connectivity index (χ0n) is 10.2. The van der Waals surface area contributed by atoms with Gasteiger partial charge in [0.05, 0.1) is 5.52 Å². The average Bonchev–Trinajstić information content (AvgIpc) is 2.70. The molecule has 4 heteroatoms. The number of imidazole rings is 1. The third-order valence-corrected chi connectivity index (χ3v) is 3.02. The normalized spacial score (nSPS) is 11.1. The maximum Gasteiger partial charge on any atom is 0.178 e. The van der Waals surface area contributed by atoms with E-state index in [0.29, 0.717) is 0 Å². The second-order valence-corrected chi connectivity index (χ2v) is 4.86. The third kappa shape index (κ3) is 1.97. The minimum Gasteiger partial charge on any atom is -0.337 e. The van der Waals surface area contributed by atoms with Gasteiger partial charge < -0.3 is 4.98 Å². The molecule has 0 radical (unpaired) electrons. The number of aromatic nitrogens is 3. The van der Waals surface area contributed by atoms with Crippen LogP contribution < -0.4 is 0 Å². The summed E-state index contributed by atoms with van der Waals surface area (Å²) in [5.41, 5.74) is 4.73. The SMILES string of the molecule is Cc1cc(Cl)cc(-c2nc3nc(C)ccc3[nH]2)c1. The van der Waals surface area contributed by atoms with Gasteiger partial charge in [0, 0.05) is 16.3 Å². The molecular weight excluding hydrogens is 246 g/mol. The first kappa shape index (κ1) is 11.2. The Morgan fingerprint density at radius 3 is 2.67 bits per heavy atom. The summed E-state index contributed by atoms with van der Waals surface area (Å²) < 4.78 is 0. The van der Waals surface area contributed by atoms with Crippen LogP contribution in [0.25, 0.3) is 22.6 Å². The number of aromatic amines is 1. The fourth-order valence-corrected chi connectivity index (χ4v) is 2.29. The van der Waals surface area contributed by atoms with Gasteiger partial charge in [-0.25, -0.2) is 9.97 Å². The fraction of sp³-hybridized carbons (Fsp3) is 0.143. The Bertz CT molecular complexity index is 711. The molecule has 3 nitrogen and oxygen atoms in total. The standard InChI is InChI=1S/C14H12ClN3/c1-8-5-10(7-11(15)6-8)13-17-12-4-3-9(2)16-14(12)18-13/h3-7H,1-2H3,(H,16,17,18). The molecule has 0 aliphatic carbocycles. The molecule has 0 fully saturated rings. The van der Waals surface area contributed by atoms with E-state index < -0.39 is 0 Å². The highest BCUT2D eigenvalue weighted by Crippen LogP contribution is 2.24. The van der Waals surface area contributed by atoms with Crippen LogP contribution in [0.4, 0.5) is 0 Å². The van der Waals surface area contributed by atoms with Gasteiger partial charge in [-0.15, -0.1) is 0 Å². The van der Waals surface area contributed by atoms with Crippen molar-refractivity contribution in [2.24, 2.45) is 0 Å². The summed E-state index contributed by atoms with van der Waals surface area (Å²) in [6.07, 6.45) is 0. The summed E-state index contributed by atoms with van der Waals surface area (Å²) >= 11 is 6.07. The van der Waals surface area contributed by atoms with Crippen molar-refractivity contribution in [1.82, 2.24) is 15.0 Å². The predicted octanol–water partition coefficient (Wildman–Crippen LogP) is 3.90. The van der Waals surface area contributed by atoms with Crippen LogP contribution in [0.1, 0.15) is 11.3 Å². The molecule has 90 valence electrons. The Hall–Kier alpha value is -1.87. The van der Waals surface area contributed by atoms with Crippen molar-refractivity contribution < 1.29 is 0 Å². The topological polar surface area (TPSA) is 41.6 Å². The molecule has 18 heavy (non-hydrogen) atoms. The molecule has 0 spiro atoms. The van der Waals surface area contributed by atoms with Crippen molar-refractivity contribution in [3.63, 3.8) is 0 Å². The lowest BCUT2D eigenvalue weighted by Crippen LogP contribution is -1.83. The smallest absolute Gasteiger partial charge is 0.178 e. The molecule has 1 aromatic carbocycles. The van der Waals surface area contributed by atoms with Crippen LogP contribution in [0.3, 0.4) is 0 Å². The first-order chi connectivity index (χ1) is 8.61. The van der Waals surface area contributed by atoms with Gasteiger partial charge in [0.15, 0.2) is 5.65 Å². The number of H-pyrrole nitrogens is 1. The summed E-state index contributed by atoms with van der Waals surface area (Å²) in [4.78, 5) is 12.2. The van der Waals surface area contributed by atoms with E-state index >= 15 is 0 Å². The van der Waals surface area contributed by atoms with Crippen molar-refractivity contribution in [3.05, 3.63) is 46.6 Å². The van der Waals surface area contributed by atoms with Gasteiger partial charge in [-0.3, -0.25) is 0 Å². The number of aryl methyl sites for hydroxylation is 2. The van der Waals surface area contributed by atoms with Gasteiger partial charge in [-0.05, 0) is 49.7 Å². The zero-order valence-corrected chi connectivity index (χ0v) is 10.9. The van der Waals surface area contributed by atoms with E-state index in [0.717, 1.165) is 38.8 Å². The Balaban J connectivity index is 2.19. The summed E-state index contributed by atoms with van der Waals surface area (Å²) in [6, 6.07) is 9.84. The largest absolute Gasteiger partial charge is 0.337 e. The van der Waals surface area contributed by atoms with Crippen LogP contribution in [-0.2, 0) is 0 Å². The second kappa shape index (κ2) is 4.10. The van der Waals surface area contributed by atoms with Crippen molar-refractivity contribution >= 4 is 22.8 Å². The molecule has 0 aliphatic rings. The molecule has 0 saturated carbocycles. The molecular formula is C14H12ClN3. The van der Waals surface area contributed by atoms with E-state index in [-0.39, 0.29) is 0 Å². The number of nitrogens with zero attached hydrogens (tertiary/aromatic N) is 2. The summed E-state index contributed by atoms with van der Waals surface area (Å²) in [5.74, 6) is 0.800. The van der Waals surface area contributed by atoms with Gasteiger partial charge in [-0.2, -0.15) is 0 Å². The van der Waals surface area contributed by atoms with Crippen LogP contribution in [-0.4, -0.2) is 15.0 Å². The van der Waals surface area contributed by atoms with E-state index in [2.05, 4.69) is 21.0 Å². The Labute approximate surface area is 110 Å². The maximum absolute atomic E-state index is 6.07. The molecule has 2 heterocycles. The molecule has 2 aromatic heterocycles. The molecule has 0 bridgehead atoms. The predicted molar refractivity (Wildman–Crippen MR) is 73.8 cm³/mol. The highest BCUT2D eigenvalue weighted by Gasteiger charge is 2.07. The number of hydrogen-bond acceptors (Lipinski definition) is 2. The first-order valence-electron chi connectivity index (χ1n) is 5.73. The molecule has 0 aliphatic heterocycles. The second-order valence-electron chi connectivity index (χ2n) is 4.43. The van der Waals surface area contributed by atoms with E-state index in [1.54, 1.807) is 0 Å². The summed E-state index contributed by atoms with van der Waals surface area (Å²) in [6.45, 7) is 3.97. The molecule has 0 amide bonds. The lowest BCUT2D eigenvalue weighted by Gasteiger charge is -2.00. The van der Waals surface area contributed by atoms with Gasteiger partial charge in [0.1, 0.15) is 5.82 Å². The van der Waals surface area contributed by atoms with Crippen molar-refractivity contribution in [2.45, 2.75) is 13.8 Å². The summed E-state index contributed by atoms with van der Waals surface area (Å²) in [5, 5.41) is 0.717. The fourth-order valence-electron chi connectivity index (χ4n) is 2.00. The lowest BCUT2D eigenvalue weighted by atomic mass is 10.1.